The number of hydrogen-bond acceptors (Lipinski definition) is 12. The Morgan fingerprint density at radius 2 is 1.02 bits per heavy atom. The topological polar surface area (TPSA) is 236 Å². The van der Waals surface area contributed by atoms with Crippen molar-refractivity contribution in [1.29, 1.82) is 0 Å². The molecule has 0 amide bonds. The number of aliphatic hydroxyl groups excluding tert-OH is 3. The lowest BCUT2D eigenvalue weighted by atomic mass is 10.0. The van der Waals surface area contributed by atoms with E-state index in [4.69, 9.17) is 23.8 Å². The molecule has 0 saturated carbocycles. The first-order chi connectivity index (χ1) is 29.2. The standard InChI is InChI=1S/C44H80O15P2/c1-3-5-7-9-11-12-13-14-15-16-17-18-19-20-21-25-30-34-44(49)59-40(38-58-61(53,54)57-36-39(45)35-56-60(50,51)52)37-55-43(48)33-29-26-22-24-28-32-42(47)41(46)31-27-23-10-8-6-4-2/h14-15,17-18,20-21,23,27,39-42,45-47H,3-13,16,19,22,24-26,28-38H2,1-2H3,(H,53,54)(H2,50,51,52)/b15-14-,18-17-,21-20-,27-23-/t39-,40+,41+,42+/m0/s1. The van der Waals surface area contributed by atoms with Crippen LogP contribution in [0, 0.1) is 0 Å². The second kappa shape index (κ2) is 39.6. The highest BCUT2D eigenvalue weighted by atomic mass is 31.2. The Balaban J connectivity index is 4.70. The zero-order valence-corrected chi connectivity index (χ0v) is 38.8. The molecule has 0 aliphatic carbocycles. The SMILES string of the molecule is CCCCC/C=C\C[C@@H](O)[C@H](O)CCCCCCCC(=O)OC[C@H](COP(=O)(O)OC[C@@H](O)COP(=O)(O)O)OC(=O)CCC/C=C\C/C=C\C/C=C\CCCCCCCC. The number of carbonyl (C=O) groups is 2. The Morgan fingerprint density at radius 3 is 1.67 bits per heavy atom. The maximum atomic E-state index is 12.7. The molecular weight excluding hydrogens is 830 g/mol. The summed E-state index contributed by atoms with van der Waals surface area (Å²) in [5.74, 6) is -1.21. The minimum absolute atomic E-state index is 0.0270. The maximum absolute atomic E-state index is 12.7. The van der Waals surface area contributed by atoms with Gasteiger partial charge in [0, 0.05) is 12.8 Å². The van der Waals surface area contributed by atoms with E-state index in [-0.39, 0.29) is 12.8 Å². The molecule has 17 heteroatoms. The van der Waals surface area contributed by atoms with Crippen molar-refractivity contribution in [1.82, 2.24) is 0 Å². The fourth-order valence-electron chi connectivity index (χ4n) is 5.80. The van der Waals surface area contributed by atoms with E-state index < -0.39 is 78.4 Å². The quantitative estimate of drug-likeness (QED) is 0.0145. The van der Waals surface area contributed by atoms with Crippen LogP contribution in [-0.4, -0.2) is 92.8 Å². The Kier molecular flexibility index (Phi) is 38.3. The van der Waals surface area contributed by atoms with E-state index in [2.05, 4.69) is 47.2 Å². The summed E-state index contributed by atoms with van der Waals surface area (Å²) in [6.45, 7) is 1.46. The van der Waals surface area contributed by atoms with E-state index in [0.717, 1.165) is 64.2 Å². The predicted molar refractivity (Wildman–Crippen MR) is 237 cm³/mol. The maximum Gasteiger partial charge on any atom is 0.472 e. The zero-order chi connectivity index (χ0) is 45.5. The van der Waals surface area contributed by atoms with Gasteiger partial charge >= 0.3 is 27.6 Å². The van der Waals surface area contributed by atoms with Crippen LogP contribution in [0.3, 0.4) is 0 Å². The van der Waals surface area contributed by atoms with Gasteiger partial charge in [-0.3, -0.25) is 23.2 Å². The summed E-state index contributed by atoms with van der Waals surface area (Å²) in [6.07, 6.45) is 32.8. The normalized spacial score (nSPS) is 15.5. The molecule has 1 unspecified atom stereocenters. The summed E-state index contributed by atoms with van der Waals surface area (Å²) in [5, 5.41) is 30.2. The second-order valence-corrected chi connectivity index (χ2v) is 18.0. The molecule has 0 saturated heterocycles. The van der Waals surface area contributed by atoms with Crippen molar-refractivity contribution in [2.45, 2.75) is 192 Å². The molecule has 0 heterocycles. The summed E-state index contributed by atoms with van der Waals surface area (Å²) in [6, 6.07) is 0. The number of aliphatic hydroxyl groups is 3. The molecular formula is C44H80O15P2. The van der Waals surface area contributed by atoms with Crippen LogP contribution >= 0.6 is 15.6 Å². The van der Waals surface area contributed by atoms with E-state index >= 15 is 0 Å². The van der Waals surface area contributed by atoms with E-state index in [0.29, 0.717) is 32.1 Å². The highest BCUT2D eigenvalue weighted by molar-refractivity contribution is 7.47. The molecule has 5 atom stereocenters. The number of allylic oxidation sites excluding steroid dienone is 7. The molecule has 0 fully saturated rings. The second-order valence-electron chi connectivity index (χ2n) is 15.3. The molecule has 6 N–H and O–H groups in total. The fraction of sp³-hybridized carbons (Fsp3) is 0.773. The molecule has 0 rings (SSSR count). The molecule has 0 aromatic rings. The third-order valence-corrected chi connectivity index (χ3v) is 10.8. The molecule has 61 heavy (non-hydrogen) atoms. The number of hydrogen-bond donors (Lipinski definition) is 6. The number of ether oxygens (including phenoxy) is 2. The molecule has 15 nitrogen and oxygen atoms in total. The van der Waals surface area contributed by atoms with Gasteiger partial charge in [-0.25, -0.2) is 9.13 Å². The molecule has 0 radical (unpaired) electrons. The lowest BCUT2D eigenvalue weighted by Gasteiger charge is -2.20. The summed E-state index contributed by atoms with van der Waals surface area (Å²) in [7, 11) is -9.74. The summed E-state index contributed by atoms with van der Waals surface area (Å²) >= 11 is 0. The third-order valence-electron chi connectivity index (χ3n) is 9.38. The number of carbonyl (C=O) groups excluding carboxylic acids is 2. The van der Waals surface area contributed by atoms with Crippen molar-refractivity contribution in [3.63, 3.8) is 0 Å². The van der Waals surface area contributed by atoms with Crippen molar-refractivity contribution < 1.29 is 71.8 Å². The molecule has 356 valence electrons. The monoisotopic (exact) mass is 910 g/mol. The number of unbranched alkanes of at least 4 members (excludes halogenated alkanes) is 14. The van der Waals surface area contributed by atoms with Gasteiger partial charge in [0.1, 0.15) is 12.7 Å². The number of phosphoric acid groups is 2. The van der Waals surface area contributed by atoms with Crippen LogP contribution in [0.15, 0.2) is 48.6 Å². The number of esters is 2. The summed E-state index contributed by atoms with van der Waals surface area (Å²) in [5.41, 5.74) is 0. The lowest BCUT2D eigenvalue weighted by molar-refractivity contribution is -0.161. The van der Waals surface area contributed by atoms with Gasteiger partial charge in [-0.05, 0) is 70.6 Å². The molecule has 0 aromatic carbocycles. The molecule has 0 aliphatic heterocycles. The highest BCUT2D eigenvalue weighted by Gasteiger charge is 2.28. The summed E-state index contributed by atoms with van der Waals surface area (Å²) < 4.78 is 47.6. The Labute approximate surface area is 365 Å². The van der Waals surface area contributed by atoms with Crippen molar-refractivity contribution in [2.75, 3.05) is 26.4 Å². The van der Waals surface area contributed by atoms with Crippen LogP contribution in [-0.2, 0) is 41.8 Å². The largest absolute Gasteiger partial charge is 0.472 e. The molecule has 0 aromatic heterocycles. The lowest BCUT2D eigenvalue weighted by Crippen LogP contribution is -2.29. The van der Waals surface area contributed by atoms with E-state index in [1.54, 1.807) is 0 Å². The smallest absolute Gasteiger partial charge is 0.462 e. The van der Waals surface area contributed by atoms with Crippen molar-refractivity contribution in [3.05, 3.63) is 48.6 Å². The third kappa shape index (κ3) is 41.8. The van der Waals surface area contributed by atoms with Gasteiger partial charge in [0.05, 0.1) is 32.0 Å². The van der Waals surface area contributed by atoms with Gasteiger partial charge < -0.3 is 39.5 Å². The fourth-order valence-corrected chi connectivity index (χ4v) is 6.95. The van der Waals surface area contributed by atoms with Gasteiger partial charge in [-0.15, -0.1) is 0 Å². The molecule has 0 spiro atoms. The van der Waals surface area contributed by atoms with Crippen LogP contribution in [0.25, 0.3) is 0 Å². The average Bonchev–Trinajstić information content (AvgIpc) is 3.21. The van der Waals surface area contributed by atoms with Crippen molar-refractivity contribution in [2.24, 2.45) is 0 Å². The van der Waals surface area contributed by atoms with Gasteiger partial charge in [0.15, 0.2) is 6.10 Å². The number of phosphoric ester groups is 2. The van der Waals surface area contributed by atoms with E-state index in [9.17, 15) is 38.9 Å². The van der Waals surface area contributed by atoms with Gasteiger partial charge in [0.25, 0.3) is 0 Å². The first-order valence-corrected chi connectivity index (χ1v) is 25.5. The number of rotatable bonds is 42. The average molecular weight is 911 g/mol. The Morgan fingerprint density at radius 1 is 0.525 bits per heavy atom. The van der Waals surface area contributed by atoms with Crippen LogP contribution in [0.4, 0.5) is 0 Å². The van der Waals surface area contributed by atoms with E-state index in [1.165, 1.54) is 44.9 Å². The minimum Gasteiger partial charge on any atom is -0.462 e. The molecule has 0 bridgehead atoms. The van der Waals surface area contributed by atoms with Crippen molar-refractivity contribution >= 4 is 27.6 Å². The van der Waals surface area contributed by atoms with E-state index in [1.807, 2.05) is 24.3 Å². The van der Waals surface area contributed by atoms with Crippen LogP contribution in [0.2, 0.25) is 0 Å². The van der Waals surface area contributed by atoms with Gasteiger partial charge in [0.2, 0.25) is 0 Å². The van der Waals surface area contributed by atoms with Crippen LogP contribution in [0.5, 0.6) is 0 Å². The summed E-state index contributed by atoms with van der Waals surface area (Å²) in [4.78, 5) is 52.7. The van der Waals surface area contributed by atoms with Gasteiger partial charge in [-0.1, -0.05) is 133 Å². The molecule has 0 aliphatic rings. The first kappa shape index (κ1) is 59.0. The first-order valence-electron chi connectivity index (χ1n) is 22.5. The Hall–Kier alpha value is -2.00. The highest BCUT2D eigenvalue weighted by Crippen LogP contribution is 2.43. The predicted octanol–water partition coefficient (Wildman–Crippen LogP) is 9.39. The Bertz CT molecular complexity index is 1300. The minimum atomic E-state index is -4.89. The zero-order valence-electron chi connectivity index (χ0n) is 37.0. The van der Waals surface area contributed by atoms with Gasteiger partial charge in [-0.2, -0.15) is 0 Å². The van der Waals surface area contributed by atoms with Crippen LogP contribution in [0.1, 0.15) is 168 Å². The van der Waals surface area contributed by atoms with Crippen LogP contribution < -0.4 is 0 Å². The van der Waals surface area contributed by atoms with Crippen molar-refractivity contribution in [3.8, 4) is 0 Å².